The Labute approximate surface area is 71.1 Å². The maximum Gasteiger partial charge on any atom is 0.182 e. The van der Waals surface area contributed by atoms with Gasteiger partial charge < -0.3 is 5.11 Å². The van der Waals surface area contributed by atoms with Gasteiger partial charge in [0, 0.05) is 6.42 Å². The van der Waals surface area contributed by atoms with E-state index in [2.05, 4.69) is 0 Å². The van der Waals surface area contributed by atoms with Crippen molar-refractivity contribution < 1.29 is 9.94 Å². The molecule has 2 rings (SSSR count). The first-order chi connectivity index (χ1) is 5.86. The van der Waals surface area contributed by atoms with E-state index in [1.165, 1.54) is 0 Å². The van der Waals surface area contributed by atoms with Gasteiger partial charge in [0.1, 0.15) is 0 Å². The third-order valence-electron chi connectivity index (χ3n) is 1.87. The van der Waals surface area contributed by atoms with E-state index in [1.54, 1.807) is 5.06 Å². The van der Waals surface area contributed by atoms with Crippen molar-refractivity contribution in [2.75, 3.05) is 11.6 Å². The zero-order chi connectivity index (χ0) is 8.39. The Bertz CT molecular complexity index is 250. The summed E-state index contributed by atoms with van der Waals surface area (Å²) in [6, 6.07) is 9.76. The molecule has 0 bridgehead atoms. The van der Waals surface area contributed by atoms with Crippen molar-refractivity contribution in [3.05, 3.63) is 30.3 Å². The molecule has 1 heterocycles. The fourth-order valence-electron chi connectivity index (χ4n) is 1.26. The predicted octanol–water partition coefficient (Wildman–Crippen LogP) is 1.15. The SMILES string of the molecule is OC1CCN(c2ccccc2)O1. The molecule has 0 saturated carbocycles. The molecule has 3 heteroatoms. The van der Waals surface area contributed by atoms with Crippen molar-refractivity contribution in [2.24, 2.45) is 0 Å². The van der Waals surface area contributed by atoms with Gasteiger partial charge in [-0.05, 0) is 12.1 Å². The number of aliphatic hydroxyl groups excluding tert-OH is 1. The van der Waals surface area contributed by atoms with Crippen LogP contribution >= 0.6 is 0 Å². The number of rotatable bonds is 1. The molecule has 64 valence electrons. The fourth-order valence-corrected chi connectivity index (χ4v) is 1.26. The third-order valence-corrected chi connectivity index (χ3v) is 1.87. The second-order valence-electron chi connectivity index (χ2n) is 2.79. The van der Waals surface area contributed by atoms with Crippen LogP contribution in [-0.2, 0) is 4.84 Å². The van der Waals surface area contributed by atoms with E-state index in [1.807, 2.05) is 30.3 Å². The fraction of sp³-hybridized carbons (Fsp3) is 0.333. The van der Waals surface area contributed by atoms with E-state index in [9.17, 15) is 0 Å². The maximum absolute atomic E-state index is 9.10. The van der Waals surface area contributed by atoms with Gasteiger partial charge in [-0.1, -0.05) is 18.2 Å². The molecule has 1 N–H and O–H groups in total. The molecule has 1 atom stereocenters. The normalized spacial score (nSPS) is 23.1. The van der Waals surface area contributed by atoms with Gasteiger partial charge in [-0.3, -0.25) is 5.06 Å². The summed E-state index contributed by atoms with van der Waals surface area (Å²) in [5.41, 5.74) is 0.994. The van der Waals surface area contributed by atoms with Crippen molar-refractivity contribution in [1.29, 1.82) is 0 Å². The summed E-state index contributed by atoms with van der Waals surface area (Å²) in [6.45, 7) is 0.755. The molecule has 1 aliphatic heterocycles. The quantitative estimate of drug-likeness (QED) is 0.677. The Morgan fingerprint density at radius 1 is 1.33 bits per heavy atom. The van der Waals surface area contributed by atoms with Crippen LogP contribution in [0, 0.1) is 0 Å². The van der Waals surface area contributed by atoms with E-state index in [0.717, 1.165) is 12.2 Å². The number of nitrogens with zero attached hydrogens (tertiary/aromatic N) is 1. The van der Waals surface area contributed by atoms with Crippen molar-refractivity contribution in [3.63, 3.8) is 0 Å². The number of hydrogen-bond acceptors (Lipinski definition) is 3. The second kappa shape index (κ2) is 3.13. The predicted molar refractivity (Wildman–Crippen MR) is 45.5 cm³/mol. The van der Waals surface area contributed by atoms with E-state index < -0.39 is 6.29 Å². The number of aliphatic hydroxyl groups is 1. The highest BCUT2D eigenvalue weighted by Gasteiger charge is 2.20. The molecule has 1 aromatic carbocycles. The molecule has 12 heavy (non-hydrogen) atoms. The molecule has 0 amide bonds. The molecule has 1 unspecified atom stereocenters. The molecule has 1 saturated heterocycles. The van der Waals surface area contributed by atoms with Gasteiger partial charge in [0.15, 0.2) is 6.29 Å². The Hall–Kier alpha value is -1.06. The van der Waals surface area contributed by atoms with E-state index >= 15 is 0 Å². The summed E-state index contributed by atoms with van der Waals surface area (Å²) in [4.78, 5) is 5.14. The summed E-state index contributed by atoms with van der Waals surface area (Å²) >= 11 is 0. The van der Waals surface area contributed by atoms with Gasteiger partial charge in [0.2, 0.25) is 0 Å². The highest BCUT2D eigenvalue weighted by atomic mass is 16.8. The van der Waals surface area contributed by atoms with Gasteiger partial charge in [-0.15, -0.1) is 0 Å². The molecule has 0 spiro atoms. The van der Waals surface area contributed by atoms with Crippen molar-refractivity contribution in [3.8, 4) is 0 Å². The van der Waals surface area contributed by atoms with Crippen molar-refractivity contribution in [2.45, 2.75) is 12.7 Å². The first-order valence-corrected chi connectivity index (χ1v) is 4.04. The smallest absolute Gasteiger partial charge is 0.182 e. The van der Waals surface area contributed by atoms with Crippen LogP contribution in [0.5, 0.6) is 0 Å². The monoisotopic (exact) mass is 165 g/mol. The summed E-state index contributed by atoms with van der Waals surface area (Å²) in [6.07, 6.45) is 0.0414. The maximum atomic E-state index is 9.10. The molecule has 0 aromatic heterocycles. The molecule has 1 aromatic rings. The number of anilines is 1. The Kier molecular flexibility index (Phi) is 1.98. The van der Waals surface area contributed by atoms with Gasteiger partial charge in [0.05, 0.1) is 12.2 Å². The van der Waals surface area contributed by atoms with Crippen LogP contribution < -0.4 is 5.06 Å². The van der Waals surface area contributed by atoms with Crippen LogP contribution in [0.1, 0.15) is 6.42 Å². The van der Waals surface area contributed by atoms with E-state index in [-0.39, 0.29) is 0 Å². The number of para-hydroxylation sites is 1. The van der Waals surface area contributed by atoms with E-state index in [4.69, 9.17) is 9.94 Å². The lowest BCUT2D eigenvalue weighted by molar-refractivity contribution is -0.0702. The molecular weight excluding hydrogens is 154 g/mol. The number of benzene rings is 1. The standard InChI is InChI=1S/C9H11NO2/c11-9-6-7-10(12-9)8-4-2-1-3-5-8/h1-5,9,11H,6-7H2. The van der Waals surface area contributed by atoms with Crippen LogP contribution in [0.4, 0.5) is 5.69 Å². The van der Waals surface area contributed by atoms with Crippen LogP contribution in [0.15, 0.2) is 30.3 Å². The zero-order valence-electron chi connectivity index (χ0n) is 6.68. The van der Waals surface area contributed by atoms with Crippen LogP contribution in [0.2, 0.25) is 0 Å². The van der Waals surface area contributed by atoms with Crippen LogP contribution in [0.25, 0.3) is 0 Å². The molecule has 3 nitrogen and oxygen atoms in total. The summed E-state index contributed by atoms with van der Waals surface area (Å²) in [5, 5.41) is 10.8. The Morgan fingerprint density at radius 2 is 2.08 bits per heavy atom. The third kappa shape index (κ3) is 1.42. The summed E-state index contributed by atoms with van der Waals surface area (Å²) in [5.74, 6) is 0. The summed E-state index contributed by atoms with van der Waals surface area (Å²) < 4.78 is 0. The summed E-state index contributed by atoms with van der Waals surface area (Å²) in [7, 11) is 0. The van der Waals surface area contributed by atoms with E-state index in [0.29, 0.717) is 6.42 Å². The van der Waals surface area contributed by atoms with Crippen molar-refractivity contribution in [1.82, 2.24) is 0 Å². The minimum atomic E-state index is -0.634. The topological polar surface area (TPSA) is 32.7 Å². The molecule has 1 aliphatic rings. The first kappa shape index (κ1) is 7.58. The minimum absolute atomic E-state index is 0.634. The Balaban J connectivity index is 2.11. The van der Waals surface area contributed by atoms with Gasteiger partial charge in [-0.25, -0.2) is 4.84 Å². The van der Waals surface area contributed by atoms with Gasteiger partial charge in [-0.2, -0.15) is 0 Å². The molecular formula is C9H11NO2. The average molecular weight is 165 g/mol. The average Bonchev–Trinajstić information content (AvgIpc) is 2.54. The highest BCUT2D eigenvalue weighted by Crippen LogP contribution is 2.20. The van der Waals surface area contributed by atoms with Crippen LogP contribution in [0.3, 0.4) is 0 Å². The first-order valence-electron chi connectivity index (χ1n) is 4.04. The largest absolute Gasteiger partial charge is 0.366 e. The van der Waals surface area contributed by atoms with Crippen LogP contribution in [-0.4, -0.2) is 17.9 Å². The molecule has 0 aliphatic carbocycles. The minimum Gasteiger partial charge on any atom is -0.366 e. The van der Waals surface area contributed by atoms with Gasteiger partial charge >= 0.3 is 0 Å². The molecule has 0 radical (unpaired) electrons. The Morgan fingerprint density at radius 3 is 2.67 bits per heavy atom. The lowest BCUT2D eigenvalue weighted by Crippen LogP contribution is -2.17. The lowest BCUT2D eigenvalue weighted by Gasteiger charge is -2.15. The molecule has 1 fully saturated rings. The van der Waals surface area contributed by atoms with Gasteiger partial charge in [0.25, 0.3) is 0 Å². The number of hydrogen-bond donors (Lipinski definition) is 1. The van der Waals surface area contributed by atoms with Crippen molar-refractivity contribution >= 4 is 5.69 Å². The highest BCUT2D eigenvalue weighted by molar-refractivity contribution is 5.43. The zero-order valence-corrected chi connectivity index (χ0v) is 6.68. The lowest BCUT2D eigenvalue weighted by atomic mass is 10.3. The second-order valence-corrected chi connectivity index (χ2v) is 2.79. The number of hydroxylamine groups is 1.